The first kappa shape index (κ1) is 16.0. The predicted octanol–water partition coefficient (Wildman–Crippen LogP) is 3.73. The third-order valence-corrected chi connectivity index (χ3v) is 4.17. The molecule has 1 N–H and O–H groups in total. The van der Waals surface area contributed by atoms with Gasteiger partial charge >= 0.3 is 0 Å². The second-order valence-corrected chi connectivity index (χ2v) is 6.08. The average Bonchev–Trinajstić information content (AvgIpc) is 2.47. The van der Waals surface area contributed by atoms with Gasteiger partial charge in [-0.1, -0.05) is 32.4 Å². The van der Waals surface area contributed by atoms with Crippen molar-refractivity contribution in [3.8, 4) is 5.88 Å². The van der Waals surface area contributed by atoms with Crippen LogP contribution in [-0.4, -0.2) is 18.6 Å². The second kappa shape index (κ2) is 8.18. The van der Waals surface area contributed by atoms with E-state index >= 15 is 0 Å². The zero-order valence-corrected chi connectivity index (χ0v) is 13.6. The fourth-order valence-corrected chi connectivity index (χ4v) is 2.82. The maximum absolute atomic E-state index is 6.02. The monoisotopic (exact) mass is 288 g/mol. The number of ether oxygens (including phenoxy) is 1. The number of aryl methyl sites for hydroxylation is 1. The molecule has 2 atom stereocenters. The summed E-state index contributed by atoms with van der Waals surface area (Å²) in [5.41, 5.74) is 2.39. The van der Waals surface area contributed by atoms with Gasteiger partial charge < -0.3 is 10.1 Å². The molecule has 0 spiro atoms. The van der Waals surface area contributed by atoms with Crippen LogP contribution in [0.5, 0.6) is 5.88 Å². The van der Waals surface area contributed by atoms with Crippen molar-refractivity contribution < 1.29 is 4.74 Å². The van der Waals surface area contributed by atoms with E-state index in [9.17, 15) is 0 Å². The number of hydrogen-bond donors (Lipinski definition) is 1. The molecule has 1 aliphatic carbocycles. The molecule has 21 heavy (non-hydrogen) atoms. The van der Waals surface area contributed by atoms with Gasteiger partial charge in [-0.25, -0.2) is 4.98 Å². The molecule has 0 saturated carbocycles. The van der Waals surface area contributed by atoms with E-state index in [0.717, 1.165) is 44.0 Å². The molecule has 0 aromatic carbocycles. The molecule has 1 aromatic heterocycles. The molecule has 3 nitrogen and oxygen atoms in total. The summed E-state index contributed by atoms with van der Waals surface area (Å²) in [6, 6.07) is 4.25. The van der Waals surface area contributed by atoms with Gasteiger partial charge in [0.05, 0.1) is 6.61 Å². The fourth-order valence-electron chi connectivity index (χ4n) is 2.82. The Kier molecular flexibility index (Phi) is 6.24. The minimum Gasteiger partial charge on any atom is -0.477 e. The summed E-state index contributed by atoms with van der Waals surface area (Å²) in [5.74, 6) is 2.10. The van der Waals surface area contributed by atoms with Crippen molar-refractivity contribution in [1.82, 2.24) is 10.3 Å². The van der Waals surface area contributed by atoms with Crippen molar-refractivity contribution in [2.45, 2.75) is 46.1 Å². The zero-order valence-electron chi connectivity index (χ0n) is 13.6. The number of pyridine rings is 1. The molecular weight excluding hydrogens is 260 g/mol. The Balaban J connectivity index is 2.02. The van der Waals surface area contributed by atoms with Crippen molar-refractivity contribution in [1.29, 1.82) is 0 Å². The van der Waals surface area contributed by atoms with Crippen LogP contribution in [0.1, 0.15) is 44.4 Å². The van der Waals surface area contributed by atoms with Crippen LogP contribution in [0.25, 0.3) is 0 Å². The number of allylic oxidation sites excluding steroid dienone is 2. The first-order valence-corrected chi connectivity index (χ1v) is 8.15. The van der Waals surface area contributed by atoms with Crippen molar-refractivity contribution in [3.05, 3.63) is 35.5 Å². The molecule has 0 amide bonds. The average molecular weight is 288 g/mol. The van der Waals surface area contributed by atoms with Crippen molar-refractivity contribution >= 4 is 0 Å². The highest BCUT2D eigenvalue weighted by molar-refractivity contribution is 5.25. The van der Waals surface area contributed by atoms with E-state index in [1.165, 1.54) is 12.0 Å². The van der Waals surface area contributed by atoms with Gasteiger partial charge in [0.2, 0.25) is 5.88 Å². The molecular formula is C18H28N2O. The Bertz CT molecular complexity index is 446. The fraction of sp³-hybridized carbons (Fsp3) is 0.611. The van der Waals surface area contributed by atoms with E-state index in [-0.39, 0.29) is 0 Å². The molecule has 0 saturated heterocycles. The summed E-state index contributed by atoms with van der Waals surface area (Å²) < 4.78 is 6.02. The van der Waals surface area contributed by atoms with Crippen molar-refractivity contribution in [3.63, 3.8) is 0 Å². The van der Waals surface area contributed by atoms with Crippen molar-refractivity contribution in [2.24, 2.45) is 11.8 Å². The van der Waals surface area contributed by atoms with E-state index < -0.39 is 0 Å². The molecule has 1 heterocycles. The Morgan fingerprint density at radius 2 is 2.10 bits per heavy atom. The quantitative estimate of drug-likeness (QED) is 0.776. The standard InChI is InChI=1S/C18H28N2O/c1-4-7-17-10-15(12-19-3)11-18(20-17)21-13-16-9-6-5-8-14(16)2/h5-6,10-11,14,16,19H,4,7-9,12-13H2,1-3H3. The Morgan fingerprint density at radius 3 is 2.81 bits per heavy atom. The van der Waals surface area contributed by atoms with Crippen LogP contribution in [0.15, 0.2) is 24.3 Å². The van der Waals surface area contributed by atoms with E-state index in [4.69, 9.17) is 4.74 Å². The molecule has 0 bridgehead atoms. The Hall–Kier alpha value is -1.35. The number of aromatic nitrogens is 1. The lowest BCUT2D eigenvalue weighted by Gasteiger charge is -2.25. The van der Waals surface area contributed by atoms with E-state index in [1.54, 1.807) is 0 Å². The highest BCUT2D eigenvalue weighted by atomic mass is 16.5. The van der Waals surface area contributed by atoms with Gasteiger partial charge in [-0.2, -0.15) is 0 Å². The van der Waals surface area contributed by atoms with Crippen LogP contribution in [0.2, 0.25) is 0 Å². The molecule has 1 aromatic rings. The van der Waals surface area contributed by atoms with E-state index in [2.05, 4.69) is 48.4 Å². The largest absolute Gasteiger partial charge is 0.477 e. The van der Waals surface area contributed by atoms with E-state index in [0.29, 0.717) is 11.8 Å². The second-order valence-electron chi connectivity index (χ2n) is 6.08. The number of rotatable bonds is 7. The predicted molar refractivity (Wildman–Crippen MR) is 87.5 cm³/mol. The van der Waals surface area contributed by atoms with Crippen LogP contribution >= 0.6 is 0 Å². The number of hydrogen-bond acceptors (Lipinski definition) is 3. The minimum absolute atomic E-state index is 0.611. The summed E-state index contributed by atoms with van der Waals surface area (Å²) in [7, 11) is 1.97. The molecule has 2 rings (SSSR count). The topological polar surface area (TPSA) is 34.1 Å². The maximum Gasteiger partial charge on any atom is 0.213 e. The molecule has 0 aliphatic heterocycles. The number of nitrogens with zero attached hydrogens (tertiary/aromatic N) is 1. The molecule has 2 unspecified atom stereocenters. The van der Waals surface area contributed by atoms with Gasteiger partial charge in [-0.3, -0.25) is 0 Å². The summed E-state index contributed by atoms with van der Waals surface area (Å²) in [4.78, 5) is 4.65. The van der Waals surface area contributed by atoms with Gasteiger partial charge in [0.25, 0.3) is 0 Å². The SMILES string of the molecule is CCCc1cc(CNC)cc(OCC2CC=CCC2C)n1. The van der Waals surface area contributed by atoms with Crippen LogP contribution < -0.4 is 10.1 Å². The Labute approximate surface area is 128 Å². The highest BCUT2D eigenvalue weighted by Crippen LogP contribution is 2.26. The molecule has 0 fully saturated rings. The lowest BCUT2D eigenvalue weighted by atomic mass is 9.85. The summed E-state index contributed by atoms with van der Waals surface area (Å²) in [5, 5.41) is 3.20. The summed E-state index contributed by atoms with van der Waals surface area (Å²) in [6.07, 6.45) is 8.98. The van der Waals surface area contributed by atoms with Gasteiger partial charge in [0.1, 0.15) is 0 Å². The third-order valence-electron chi connectivity index (χ3n) is 4.17. The molecule has 3 heteroatoms. The molecule has 116 valence electrons. The maximum atomic E-state index is 6.02. The molecule has 0 radical (unpaired) electrons. The normalized spacial score (nSPS) is 21.5. The van der Waals surface area contributed by atoms with E-state index in [1.807, 2.05) is 7.05 Å². The van der Waals surface area contributed by atoms with Crippen LogP contribution in [-0.2, 0) is 13.0 Å². The van der Waals surface area contributed by atoms with Gasteiger partial charge in [0.15, 0.2) is 0 Å². The van der Waals surface area contributed by atoms with Crippen LogP contribution in [0, 0.1) is 11.8 Å². The number of nitrogens with one attached hydrogen (secondary N) is 1. The Morgan fingerprint density at radius 1 is 1.29 bits per heavy atom. The van der Waals surface area contributed by atoms with Crippen LogP contribution in [0.3, 0.4) is 0 Å². The van der Waals surface area contributed by atoms with Gasteiger partial charge in [-0.15, -0.1) is 0 Å². The van der Waals surface area contributed by atoms with Gasteiger partial charge in [0, 0.05) is 18.3 Å². The molecule has 1 aliphatic rings. The lowest BCUT2D eigenvalue weighted by molar-refractivity contribution is 0.192. The zero-order chi connectivity index (χ0) is 15.1. The third kappa shape index (κ3) is 4.85. The van der Waals surface area contributed by atoms with Gasteiger partial charge in [-0.05, 0) is 49.8 Å². The lowest BCUT2D eigenvalue weighted by Crippen LogP contribution is -2.21. The summed E-state index contributed by atoms with van der Waals surface area (Å²) >= 11 is 0. The summed E-state index contributed by atoms with van der Waals surface area (Å²) in [6.45, 7) is 6.12. The minimum atomic E-state index is 0.611. The first-order valence-electron chi connectivity index (χ1n) is 8.15. The van der Waals surface area contributed by atoms with Crippen molar-refractivity contribution in [2.75, 3.05) is 13.7 Å². The van der Waals surface area contributed by atoms with Crippen LogP contribution in [0.4, 0.5) is 0 Å². The highest BCUT2D eigenvalue weighted by Gasteiger charge is 2.19. The first-order chi connectivity index (χ1) is 10.2. The smallest absolute Gasteiger partial charge is 0.213 e.